The SMILES string of the molecule is O=C(COc1ccccc1C(F)(F)F)Nc1cccc(-c2nc3cccnc3s2)c1. The zero-order chi connectivity index (χ0) is 21.1. The van der Waals surface area contributed by atoms with Crippen LogP contribution in [0.4, 0.5) is 18.9 Å². The van der Waals surface area contributed by atoms with Crippen LogP contribution in [0.2, 0.25) is 0 Å². The number of rotatable bonds is 5. The number of para-hydroxylation sites is 1. The molecule has 1 amide bonds. The zero-order valence-electron chi connectivity index (χ0n) is 15.3. The first-order valence-corrected chi connectivity index (χ1v) is 9.63. The number of halogens is 3. The Hall–Kier alpha value is -3.46. The summed E-state index contributed by atoms with van der Waals surface area (Å²) >= 11 is 1.42. The zero-order valence-corrected chi connectivity index (χ0v) is 16.1. The van der Waals surface area contributed by atoms with Gasteiger partial charge in [0.2, 0.25) is 0 Å². The minimum atomic E-state index is -4.56. The van der Waals surface area contributed by atoms with Crippen LogP contribution in [0, 0.1) is 0 Å². The molecule has 0 aliphatic carbocycles. The van der Waals surface area contributed by atoms with Crippen molar-refractivity contribution in [2.45, 2.75) is 6.18 Å². The molecule has 2 heterocycles. The first-order valence-electron chi connectivity index (χ1n) is 8.81. The Balaban J connectivity index is 1.45. The molecular formula is C21H14F3N3O2S. The molecule has 0 saturated carbocycles. The van der Waals surface area contributed by atoms with E-state index in [0.29, 0.717) is 5.69 Å². The van der Waals surface area contributed by atoms with Gasteiger partial charge in [0.1, 0.15) is 21.1 Å². The normalized spacial score (nSPS) is 11.4. The number of ether oxygens (including phenoxy) is 1. The van der Waals surface area contributed by atoms with Crippen molar-refractivity contribution in [2.24, 2.45) is 0 Å². The summed E-state index contributed by atoms with van der Waals surface area (Å²) in [5.74, 6) is -0.967. The van der Waals surface area contributed by atoms with Crippen molar-refractivity contribution in [3.8, 4) is 16.3 Å². The number of anilines is 1. The van der Waals surface area contributed by atoms with Crippen LogP contribution in [0.3, 0.4) is 0 Å². The van der Waals surface area contributed by atoms with E-state index in [1.165, 1.54) is 29.5 Å². The van der Waals surface area contributed by atoms with E-state index in [9.17, 15) is 18.0 Å². The number of thiazole rings is 1. The van der Waals surface area contributed by atoms with Crippen LogP contribution in [-0.4, -0.2) is 22.5 Å². The highest BCUT2D eigenvalue weighted by Crippen LogP contribution is 2.36. The van der Waals surface area contributed by atoms with Gasteiger partial charge >= 0.3 is 6.18 Å². The maximum absolute atomic E-state index is 13.0. The summed E-state index contributed by atoms with van der Waals surface area (Å²) in [6.45, 7) is -0.553. The fourth-order valence-corrected chi connectivity index (χ4v) is 3.69. The Kier molecular flexibility index (Phi) is 5.37. The Morgan fingerprint density at radius 3 is 2.70 bits per heavy atom. The van der Waals surface area contributed by atoms with Gasteiger partial charge in [-0.25, -0.2) is 9.97 Å². The van der Waals surface area contributed by atoms with E-state index >= 15 is 0 Å². The molecule has 0 bridgehead atoms. The molecule has 0 atom stereocenters. The van der Waals surface area contributed by atoms with Crippen molar-refractivity contribution < 1.29 is 22.7 Å². The molecule has 4 rings (SSSR count). The van der Waals surface area contributed by atoms with E-state index in [4.69, 9.17) is 4.74 Å². The van der Waals surface area contributed by atoms with Crippen LogP contribution in [0.5, 0.6) is 5.75 Å². The molecular weight excluding hydrogens is 415 g/mol. The monoisotopic (exact) mass is 429 g/mol. The molecule has 0 aliphatic rings. The van der Waals surface area contributed by atoms with Crippen molar-refractivity contribution in [3.05, 3.63) is 72.4 Å². The molecule has 0 saturated heterocycles. The molecule has 0 unspecified atom stereocenters. The minimum Gasteiger partial charge on any atom is -0.483 e. The fourth-order valence-electron chi connectivity index (χ4n) is 2.79. The number of nitrogens with one attached hydrogen (secondary N) is 1. The standard InChI is InChI=1S/C21H14F3N3O2S/c22-21(23,24)15-7-1-2-9-17(15)29-12-18(28)26-14-6-3-5-13(11-14)19-27-16-8-4-10-25-20(16)30-19/h1-11H,12H2,(H,26,28). The van der Waals surface area contributed by atoms with Crippen molar-refractivity contribution in [1.82, 2.24) is 9.97 Å². The van der Waals surface area contributed by atoms with Crippen LogP contribution in [-0.2, 0) is 11.0 Å². The fraction of sp³-hybridized carbons (Fsp3) is 0.0952. The Morgan fingerprint density at radius 1 is 1.07 bits per heavy atom. The first-order chi connectivity index (χ1) is 14.4. The van der Waals surface area contributed by atoms with Gasteiger partial charge in [-0.3, -0.25) is 4.79 Å². The molecule has 5 nitrogen and oxygen atoms in total. The second-order valence-electron chi connectivity index (χ2n) is 6.26. The van der Waals surface area contributed by atoms with Crippen molar-refractivity contribution in [1.29, 1.82) is 0 Å². The van der Waals surface area contributed by atoms with E-state index in [1.54, 1.807) is 30.5 Å². The van der Waals surface area contributed by atoms with Crippen LogP contribution >= 0.6 is 11.3 Å². The van der Waals surface area contributed by atoms with Gasteiger partial charge in [-0.05, 0) is 36.4 Å². The number of benzene rings is 2. The molecule has 0 aliphatic heterocycles. The third-order valence-corrected chi connectivity index (χ3v) is 5.14. The number of pyridine rings is 1. The molecule has 2 aromatic carbocycles. The van der Waals surface area contributed by atoms with E-state index in [2.05, 4.69) is 15.3 Å². The lowest BCUT2D eigenvalue weighted by molar-refractivity contribution is -0.139. The predicted octanol–water partition coefficient (Wildman–Crippen LogP) is 5.39. The molecule has 30 heavy (non-hydrogen) atoms. The Labute approximate surface area is 173 Å². The maximum atomic E-state index is 13.0. The summed E-state index contributed by atoms with van der Waals surface area (Å²) in [5, 5.41) is 3.38. The Bertz CT molecular complexity index is 1170. The highest BCUT2D eigenvalue weighted by Gasteiger charge is 2.34. The summed E-state index contributed by atoms with van der Waals surface area (Å²) in [4.78, 5) is 21.8. The molecule has 1 N–H and O–H groups in total. The highest BCUT2D eigenvalue weighted by atomic mass is 32.1. The van der Waals surface area contributed by atoms with E-state index in [-0.39, 0.29) is 0 Å². The van der Waals surface area contributed by atoms with Crippen molar-refractivity contribution in [3.63, 3.8) is 0 Å². The number of nitrogens with zero attached hydrogens (tertiary/aromatic N) is 2. The topological polar surface area (TPSA) is 64.1 Å². The molecule has 9 heteroatoms. The molecule has 2 aromatic heterocycles. The number of aromatic nitrogens is 2. The summed E-state index contributed by atoms with van der Waals surface area (Å²) in [7, 11) is 0. The minimum absolute atomic E-state index is 0.393. The van der Waals surface area contributed by atoms with Gasteiger partial charge in [0.05, 0.1) is 5.56 Å². The number of carbonyl (C=O) groups excluding carboxylic acids is 1. The number of carbonyl (C=O) groups is 1. The second-order valence-corrected chi connectivity index (χ2v) is 7.24. The van der Waals surface area contributed by atoms with Gasteiger partial charge in [-0.15, -0.1) is 0 Å². The van der Waals surface area contributed by atoms with Gasteiger partial charge < -0.3 is 10.1 Å². The third kappa shape index (κ3) is 4.41. The average Bonchev–Trinajstić information content (AvgIpc) is 3.16. The number of alkyl halides is 3. The van der Waals surface area contributed by atoms with Gasteiger partial charge in [0, 0.05) is 17.4 Å². The molecule has 152 valence electrons. The first kappa shape index (κ1) is 19.8. The lowest BCUT2D eigenvalue weighted by Gasteiger charge is -2.13. The van der Waals surface area contributed by atoms with Crippen molar-refractivity contribution in [2.75, 3.05) is 11.9 Å². The van der Waals surface area contributed by atoms with E-state index in [0.717, 1.165) is 27.0 Å². The Morgan fingerprint density at radius 2 is 1.90 bits per heavy atom. The van der Waals surface area contributed by atoms with Gasteiger partial charge in [0.25, 0.3) is 5.91 Å². The number of hydrogen-bond acceptors (Lipinski definition) is 5. The maximum Gasteiger partial charge on any atom is 0.419 e. The van der Waals surface area contributed by atoms with Crippen LogP contribution in [0.1, 0.15) is 5.56 Å². The van der Waals surface area contributed by atoms with E-state index in [1.807, 2.05) is 12.1 Å². The van der Waals surface area contributed by atoms with Gasteiger partial charge in [0.15, 0.2) is 6.61 Å². The molecule has 4 aromatic rings. The number of amides is 1. The van der Waals surface area contributed by atoms with Crippen LogP contribution < -0.4 is 10.1 Å². The second kappa shape index (κ2) is 8.11. The predicted molar refractivity (Wildman–Crippen MR) is 108 cm³/mol. The van der Waals surface area contributed by atoms with Gasteiger partial charge in [-0.1, -0.05) is 35.6 Å². The third-order valence-electron chi connectivity index (χ3n) is 4.11. The summed E-state index contributed by atoms with van der Waals surface area (Å²) in [6.07, 6.45) is -2.87. The molecule has 0 fully saturated rings. The molecule has 0 radical (unpaired) electrons. The van der Waals surface area contributed by atoms with E-state index < -0.39 is 30.0 Å². The summed E-state index contributed by atoms with van der Waals surface area (Å²) in [5.41, 5.74) is 1.13. The lowest BCUT2D eigenvalue weighted by atomic mass is 10.2. The van der Waals surface area contributed by atoms with Crippen molar-refractivity contribution >= 4 is 33.3 Å². The summed E-state index contributed by atoms with van der Waals surface area (Å²) in [6, 6.07) is 15.5. The van der Waals surface area contributed by atoms with Crippen LogP contribution in [0.25, 0.3) is 20.9 Å². The van der Waals surface area contributed by atoms with Gasteiger partial charge in [-0.2, -0.15) is 13.2 Å². The molecule has 0 spiro atoms. The number of fused-ring (bicyclic) bond motifs is 1. The quantitative estimate of drug-likeness (QED) is 0.462. The smallest absolute Gasteiger partial charge is 0.419 e. The largest absolute Gasteiger partial charge is 0.483 e. The average molecular weight is 429 g/mol. The summed E-state index contributed by atoms with van der Waals surface area (Å²) < 4.78 is 44.1. The highest BCUT2D eigenvalue weighted by molar-refractivity contribution is 7.21. The van der Waals surface area contributed by atoms with Crippen LogP contribution in [0.15, 0.2) is 66.9 Å². The lowest BCUT2D eigenvalue weighted by Crippen LogP contribution is -2.21. The number of hydrogen-bond donors (Lipinski definition) is 1.